The lowest BCUT2D eigenvalue weighted by molar-refractivity contribution is -0.131. The van der Waals surface area contributed by atoms with Gasteiger partial charge in [-0.25, -0.2) is 5.01 Å². The van der Waals surface area contributed by atoms with E-state index in [-0.39, 0.29) is 17.4 Å². The zero-order valence-electron chi connectivity index (χ0n) is 13.6. The van der Waals surface area contributed by atoms with Gasteiger partial charge >= 0.3 is 0 Å². The second-order valence-corrected chi connectivity index (χ2v) is 5.51. The molecule has 2 aromatic rings. The van der Waals surface area contributed by atoms with Gasteiger partial charge in [0.15, 0.2) is 5.78 Å². The first-order valence-electron chi connectivity index (χ1n) is 7.76. The minimum atomic E-state index is -0.405. The number of nitrogens with zero attached hydrogens (tertiary/aromatic N) is 1. The van der Waals surface area contributed by atoms with Crippen LogP contribution in [-0.4, -0.2) is 22.5 Å². The lowest BCUT2D eigenvalue weighted by Crippen LogP contribution is -2.45. The van der Waals surface area contributed by atoms with Crippen molar-refractivity contribution < 1.29 is 14.4 Å². The SMILES string of the molecule is CC(=O)N1NC(c2ccccc2)=CC(=O)/C1=C/C(=O)c1ccccc1. The monoisotopic (exact) mass is 332 g/mol. The molecule has 0 atom stereocenters. The van der Waals surface area contributed by atoms with Gasteiger partial charge in [-0.15, -0.1) is 0 Å². The maximum atomic E-state index is 12.5. The summed E-state index contributed by atoms with van der Waals surface area (Å²) in [7, 11) is 0. The molecule has 5 heteroatoms. The van der Waals surface area contributed by atoms with Gasteiger partial charge in [0, 0.05) is 24.6 Å². The fraction of sp³-hybridized carbons (Fsp3) is 0.0500. The standard InChI is InChI=1S/C20H16N2O3/c1-14(23)22-18(13-19(24)16-10-6-3-7-11-16)20(25)12-17(21-22)15-8-4-2-5-9-15/h2-13,21H,1H3/b18-13-. The molecule has 1 amide bonds. The summed E-state index contributed by atoms with van der Waals surface area (Å²) in [5, 5.41) is 1.10. The Morgan fingerprint density at radius 3 is 2.16 bits per heavy atom. The van der Waals surface area contributed by atoms with Crippen LogP contribution in [-0.2, 0) is 9.59 Å². The van der Waals surface area contributed by atoms with Crippen LogP contribution < -0.4 is 5.43 Å². The van der Waals surface area contributed by atoms with Crippen molar-refractivity contribution in [1.29, 1.82) is 0 Å². The van der Waals surface area contributed by atoms with Gasteiger partial charge in [0.2, 0.25) is 11.7 Å². The number of hydrogen-bond donors (Lipinski definition) is 1. The smallest absolute Gasteiger partial charge is 0.242 e. The molecular formula is C20H16N2O3. The average molecular weight is 332 g/mol. The molecule has 5 nitrogen and oxygen atoms in total. The third kappa shape index (κ3) is 3.55. The second-order valence-electron chi connectivity index (χ2n) is 5.51. The van der Waals surface area contributed by atoms with Crippen LogP contribution >= 0.6 is 0 Å². The maximum Gasteiger partial charge on any atom is 0.242 e. The minimum absolute atomic E-state index is 0.000958. The molecule has 0 unspecified atom stereocenters. The highest BCUT2D eigenvalue weighted by molar-refractivity contribution is 6.16. The highest BCUT2D eigenvalue weighted by atomic mass is 16.2. The number of hydrogen-bond acceptors (Lipinski definition) is 4. The Balaban J connectivity index is 1.98. The predicted octanol–water partition coefficient (Wildman–Crippen LogP) is 2.73. The average Bonchev–Trinajstić information content (AvgIpc) is 2.64. The van der Waals surface area contributed by atoms with Crippen molar-refractivity contribution in [2.75, 3.05) is 0 Å². The zero-order valence-corrected chi connectivity index (χ0v) is 13.6. The Morgan fingerprint density at radius 1 is 0.960 bits per heavy atom. The van der Waals surface area contributed by atoms with E-state index in [0.29, 0.717) is 11.3 Å². The highest BCUT2D eigenvalue weighted by Crippen LogP contribution is 2.21. The summed E-state index contributed by atoms with van der Waals surface area (Å²) in [6.07, 6.45) is 2.57. The van der Waals surface area contributed by atoms with Crippen LogP contribution in [0.2, 0.25) is 0 Å². The Kier molecular flexibility index (Phi) is 4.57. The molecule has 0 bridgehead atoms. The number of hydrazine groups is 1. The number of amides is 1. The molecule has 25 heavy (non-hydrogen) atoms. The molecular weight excluding hydrogens is 316 g/mol. The van der Waals surface area contributed by atoms with Crippen molar-refractivity contribution >= 4 is 23.2 Å². The van der Waals surface area contributed by atoms with Crippen molar-refractivity contribution in [3.63, 3.8) is 0 Å². The van der Waals surface area contributed by atoms with E-state index >= 15 is 0 Å². The molecule has 1 aliphatic heterocycles. The zero-order chi connectivity index (χ0) is 17.8. The molecule has 1 heterocycles. The van der Waals surface area contributed by atoms with Gasteiger partial charge in [0.1, 0.15) is 5.70 Å². The van der Waals surface area contributed by atoms with Crippen molar-refractivity contribution in [3.8, 4) is 0 Å². The number of rotatable bonds is 3. The van der Waals surface area contributed by atoms with Crippen molar-refractivity contribution in [3.05, 3.63) is 89.6 Å². The molecule has 3 rings (SSSR count). The van der Waals surface area contributed by atoms with Crippen LogP contribution in [0, 0.1) is 0 Å². The molecule has 1 N–H and O–H groups in total. The van der Waals surface area contributed by atoms with Gasteiger partial charge in [0.25, 0.3) is 0 Å². The predicted molar refractivity (Wildman–Crippen MR) is 93.9 cm³/mol. The van der Waals surface area contributed by atoms with E-state index in [9.17, 15) is 14.4 Å². The highest BCUT2D eigenvalue weighted by Gasteiger charge is 2.27. The summed E-state index contributed by atoms with van der Waals surface area (Å²) in [6, 6.07) is 17.8. The topological polar surface area (TPSA) is 66.5 Å². The van der Waals surface area contributed by atoms with Gasteiger partial charge in [-0.1, -0.05) is 60.7 Å². The molecule has 0 radical (unpaired) electrons. The number of nitrogens with one attached hydrogen (secondary N) is 1. The minimum Gasteiger partial charge on any atom is -0.291 e. The number of allylic oxidation sites excluding steroid dienone is 2. The van der Waals surface area contributed by atoms with Crippen LogP contribution in [0.25, 0.3) is 5.70 Å². The molecule has 0 saturated carbocycles. The summed E-state index contributed by atoms with van der Waals surface area (Å²) in [4.78, 5) is 36.9. The van der Waals surface area contributed by atoms with E-state index in [4.69, 9.17) is 0 Å². The van der Waals surface area contributed by atoms with E-state index in [0.717, 1.165) is 10.6 Å². The number of benzene rings is 2. The number of carbonyl (C=O) groups excluding carboxylic acids is 3. The van der Waals surface area contributed by atoms with Gasteiger partial charge < -0.3 is 0 Å². The van der Waals surface area contributed by atoms with E-state index in [1.54, 1.807) is 30.3 Å². The molecule has 0 fully saturated rings. The van der Waals surface area contributed by atoms with E-state index in [1.165, 1.54) is 19.1 Å². The lowest BCUT2D eigenvalue weighted by Gasteiger charge is -2.29. The van der Waals surface area contributed by atoms with Crippen LogP contribution in [0.5, 0.6) is 0 Å². The van der Waals surface area contributed by atoms with Crippen molar-refractivity contribution in [2.24, 2.45) is 0 Å². The molecule has 0 saturated heterocycles. The maximum absolute atomic E-state index is 12.5. The van der Waals surface area contributed by atoms with E-state index < -0.39 is 5.78 Å². The summed E-state index contributed by atoms with van der Waals surface area (Å²) >= 11 is 0. The van der Waals surface area contributed by atoms with Gasteiger partial charge in [-0.2, -0.15) is 0 Å². The Labute approximate surface area is 145 Å². The molecule has 0 spiro atoms. The van der Waals surface area contributed by atoms with Gasteiger partial charge in [-0.3, -0.25) is 19.8 Å². The fourth-order valence-corrected chi connectivity index (χ4v) is 2.49. The van der Waals surface area contributed by atoms with Crippen LogP contribution in [0.15, 0.2) is 78.5 Å². The Bertz CT molecular complexity index is 884. The third-order valence-corrected chi connectivity index (χ3v) is 3.73. The van der Waals surface area contributed by atoms with Gasteiger partial charge in [0.05, 0.1) is 5.70 Å². The largest absolute Gasteiger partial charge is 0.291 e. The summed E-state index contributed by atoms with van der Waals surface area (Å²) in [5.41, 5.74) is 4.64. The Morgan fingerprint density at radius 2 is 1.56 bits per heavy atom. The first-order valence-corrected chi connectivity index (χ1v) is 7.76. The number of carbonyl (C=O) groups is 3. The summed E-state index contributed by atoms with van der Waals surface area (Å²) < 4.78 is 0. The normalized spacial score (nSPS) is 15.6. The molecule has 0 aromatic heterocycles. The fourth-order valence-electron chi connectivity index (χ4n) is 2.49. The van der Waals surface area contributed by atoms with E-state index in [1.807, 2.05) is 30.3 Å². The van der Waals surface area contributed by atoms with E-state index in [2.05, 4.69) is 5.43 Å². The van der Waals surface area contributed by atoms with Crippen LogP contribution in [0.1, 0.15) is 22.8 Å². The van der Waals surface area contributed by atoms with Crippen molar-refractivity contribution in [2.45, 2.75) is 6.92 Å². The van der Waals surface area contributed by atoms with Gasteiger partial charge in [-0.05, 0) is 5.56 Å². The lowest BCUT2D eigenvalue weighted by atomic mass is 10.0. The third-order valence-electron chi connectivity index (χ3n) is 3.73. The Hall–Kier alpha value is -3.47. The number of ketones is 2. The molecule has 124 valence electrons. The first kappa shape index (κ1) is 16.4. The molecule has 1 aliphatic rings. The molecule has 2 aromatic carbocycles. The summed E-state index contributed by atoms with van der Waals surface area (Å²) in [6.45, 7) is 1.33. The quantitative estimate of drug-likeness (QED) is 0.693. The van der Waals surface area contributed by atoms with Crippen LogP contribution in [0.3, 0.4) is 0 Å². The summed E-state index contributed by atoms with van der Waals surface area (Å²) in [5.74, 6) is -1.13. The first-order chi connectivity index (χ1) is 12.1. The van der Waals surface area contributed by atoms with Crippen molar-refractivity contribution in [1.82, 2.24) is 10.4 Å². The van der Waals surface area contributed by atoms with Crippen LogP contribution in [0.4, 0.5) is 0 Å². The second kappa shape index (κ2) is 6.97. The molecule has 0 aliphatic carbocycles.